The SMILES string of the molecule is COc1ccc([C@H](CNC(=S)Nc2ccc([N+](=O)[O-])cc2)N(C)C)cc1. The summed E-state index contributed by atoms with van der Waals surface area (Å²) in [6, 6.07) is 14.2. The first-order chi connectivity index (χ1) is 12.4. The van der Waals surface area contributed by atoms with E-state index in [0.717, 1.165) is 11.3 Å². The Balaban J connectivity index is 1.95. The maximum absolute atomic E-state index is 10.7. The normalized spacial score (nSPS) is 11.7. The van der Waals surface area contributed by atoms with Gasteiger partial charge in [0.2, 0.25) is 0 Å². The van der Waals surface area contributed by atoms with Gasteiger partial charge in [-0.1, -0.05) is 12.1 Å². The lowest BCUT2D eigenvalue weighted by molar-refractivity contribution is -0.384. The van der Waals surface area contributed by atoms with Crippen LogP contribution in [0, 0.1) is 10.1 Å². The number of hydrogen-bond acceptors (Lipinski definition) is 5. The minimum absolute atomic E-state index is 0.0432. The molecule has 0 fully saturated rings. The number of nitrogens with one attached hydrogen (secondary N) is 2. The second-order valence-electron chi connectivity index (χ2n) is 5.89. The van der Waals surface area contributed by atoms with Gasteiger partial charge in [0.25, 0.3) is 5.69 Å². The summed E-state index contributed by atoms with van der Waals surface area (Å²) in [5.41, 5.74) is 1.88. The van der Waals surface area contributed by atoms with E-state index in [4.69, 9.17) is 17.0 Å². The second kappa shape index (κ2) is 9.12. The summed E-state index contributed by atoms with van der Waals surface area (Å²) >= 11 is 5.32. The molecule has 26 heavy (non-hydrogen) atoms. The third kappa shape index (κ3) is 5.40. The Morgan fingerprint density at radius 3 is 2.31 bits per heavy atom. The number of nitro benzene ring substituents is 1. The minimum atomic E-state index is -0.434. The van der Waals surface area contributed by atoms with Crippen molar-refractivity contribution in [3.8, 4) is 5.75 Å². The second-order valence-corrected chi connectivity index (χ2v) is 6.30. The molecule has 0 unspecified atom stereocenters. The van der Waals surface area contributed by atoms with Gasteiger partial charge in [-0.15, -0.1) is 0 Å². The van der Waals surface area contributed by atoms with Gasteiger partial charge in [0.15, 0.2) is 5.11 Å². The molecule has 0 heterocycles. The van der Waals surface area contributed by atoms with Crippen LogP contribution in [0.1, 0.15) is 11.6 Å². The minimum Gasteiger partial charge on any atom is -0.497 e. The third-order valence-corrected chi connectivity index (χ3v) is 4.16. The highest BCUT2D eigenvalue weighted by Crippen LogP contribution is 2.21. The van der Waals surface area contributed by atoms with Crippen LogP contribution in [0.2, 0.25) is 0 Å². The summed E-state index contributed by atoms with van der Waals surface area (Å²) in [4.78, 5) is 12.4. The summed E-state index contributed by atoms with van der Waals surface area (Å²) in [7, 11) is 5.65. The molecule has 0 aromatic heterocycles. The highest BCUT2D eigenvalue weighted by atomic mass is 32.1. The lowest BCUT2D eigenvalue weighted by Crippen LogP contribution is -2.36. The molecule has 0 bridgehead atoms. The average Bonchev–Trinajstić information content (AvgIpc) is 2.62. The fourth-order valence-electron chi connectivity index (χ4n) is 2.46. The standard InChI is InChI=1S/C18H22N4O3S/c1-21(2)17(13-4-10-16(25-3)11-5-13)12-19-18(26)20-14-6-8-15(9-7-14)22(23)24/h4-11,17H,12H2,1-3H3,(H2,19,20,26)/t17-/m0/s1. The van der Waals surface area contributed by atoms with Crippen molar-refractivity contribution >= 4 is 28.7 Å². The molecule has 7 nitrogen and oxygen atoms in total. The molecule has 2 aromatic rings. The van der Waals surface area contributed by atoms with Crippen LogP contribution in [0.4, 0.5) is 11.4 Å². The highest BCUT2D eigenvalue weighted by molar-refractivity contribution is 7.80. The molecule has 8 heteroatoms. The van der Waals surface area contributed by atoms with E-state index in [2.05, 4.69) is 15.5 Å². The maximum atomic E-state index is 10.7. The monoisotopic (exact) mass is 374 g/mol. The first-order valence-corrected chi connectivity index (χ1v) is 8.41. The fourth-order valence-corrected chi connectivity index (χ4v) is 2.66. The highest BCUT2D eigenvalue weighted by Gasteiger charge is 2.14. The van der Waals surface area contributed by atoms with E-state index < -0.39 is 4.92 Å². The van der Waals surface area contributed by atoms with Crippen molar-refractivity contribution in [3.63, 3.8) is 0 Å². The lowest BCUT2D eigenvalue weighted by Gasteiger charge is -2.26. The Bertz CT molecular complexity index is 748. The summed E-state index contributed by atoms with van der Waals surface area (Å²) in [6.07, 6.45) is 0. The number of thiocarbonyl (C=S) groups is 1. The van der Waals surface area contributed by atoms with Crippen molar-refractivity contribution in [1.82, 2.24) is 10.2 Å². The molecular formula is C18H22N4O3S. The zero-order valence-corrected chi connectivity index (χ0v) is 15.7. The van der Waals surface area contributed by atoms with E-state index in [1.165, 1.54) is 12.1 Å². The van der Waals surface area contributed by atoms with Gasteiger partial charge < -0.3 is 20.3 Å². The smallest absolute Gasteiger partial charge is 0.269 e. The van der Waals surface area contributed by atoms with Gasteiger partial charge in [0.05, 0.1) is 18.1 Å². The predicted octanol–water partition coefficient (Wildman–Crippen LogP) is 3.19. The zero-order valence-electron chi connectivity index (χ0n) is 14.9. The van der Waals surface area contributed by atoms with E-state index >= 15 is 0 Å². The molecule has 0 saturated carbocycles. The lowest BCUT2D eigenvalue weighted by atomic mass is 10.1. The molecule has 0 aliphatic rings. The molecule has 0 saturated heterocycles. The van der Waals surface area contributed by atoms with E-state index in [-0.39, 0.29) is 11.7 Å². The summed E-state index contributed by atoms with van der Waals surface area (Å²) in [5, 5.41) is 17.4. The molecule has 0 aliphatic heterocycles. The molecule has 0 radical (unpaired) electrons. The van der Waals surface area contributed by atoms with Gasteiger partial charge >= 0.3 is 0 Å². The van der Waals surface area contributed by atoms with E-state index in [1.54, 1.807) is 19.2 Å². The van der Waals surface area contributed by atoms with Crippen molar-refractivity contribution in [3.05, 3.63) is 64.2 Å². The predicted molar refractivity (Wildman–Crippen MR) is 107 cm³/mol. The zero-order chi connectivity index (χ0) is 19.1. The number of likely N-dealkylation sites (N-methyl/N-ethyl adjacent to an activating group) is 1. The van der Waals surface area contributed by atoms with Crippen molar-refractivity contribution < 1.29 is 9.66 Å². The molecule has 138 valence electrons. The van der Waals surface area contributed by atoms with Crippen molar-refractivity contribution in [1.29, 1.82) is 0 Å². The Labute approximate surface area is 158 Å². The largest absolute Gasteiger partial charge is 0.497 e. The fraction of sp³-hybridized carbons (Fsp3) is 0.278. The summed E-state index contributed by atoms with van der Waals surface area (Å²) < 4.78 is 5.19. The Morgan fingerprint density at radius 1 is 1.19 bits per heavy atom. The van der Waals surface area contributed by atoms with Crippen molar-refractivity contribution in [2.24, 2.45) is 0 Å². The van der Waals surface area contributed by atoms with E-state index in [9.17, 15) is 10.1 Å². The van der Waals surface area contributed by atoms with Crippen molar-refractivity contribution in [2.75, 3.05) is 33.1 Å². The number of benzene rings is 2. The van der Waals surface area contributed by atoms with E-state index in [1.807, 2.05) is 38.4 Å². The third-order valence-electron chi connectivity index (χ3n) is 3.92. The molecule has 0 spiro atoms. The van der Waals surface area contributed by atoms with E-state index in [0.29, 0.717) is 17.3 Å². The van der Waals surface area contributed by atoms with Crippen LogP contribution < -0.4 is 15.4 Å². The Kier molecular flexibility index (Phi) is 6.88. The molecule has 2 rings (SSSR count). The van der Waals surface area contributed by atoms with Gasteiger partial charge in [-0.25, -0.2) is 0 Å². The molecule has 2 aromatic carbocycles. The average molecular weight is 374 g/mol. The van der Waals surface area contributed by atoms with Gasteiger partial charge in [0, 0.05) is 24.4 Å². The van der Waals surface area contributed by atoms with Crippen LogP contribution >= 0.6 is 12.2 Å². The topological polar surface area (TPSA) is 79.7 Å². The summed E-state index contributed by atoms with van der Waals surface area (Å²) in [6.45, 7) is 0.609. The van der Waals surface area contributed by atoms with Gasteiger partial charge in [-0.2, -0.15) is 0 Å². The number of rotatable bonds is 7. The number of ether oxygens (including phenoxy) is 1. The van der Waals surface area contributed by atoms with Crippen LogP contribution in [0.25, 0.3) is 0 Å². The molecule has 0 amide bonds. The number of methoxy groups -OCH3 is 1. The molecule has 0 aliphatic carbocycles. The number of hydrogen-bond donors (Lipinski definition) is 2. The van der Waals surface area contributed by atoms with Crippen LogP contribution in [-0.4, -0.2) is 42.7 Å². The number of nitro groups is 1. The maximum Gasteiger partial charge on any atom is 0.269 e. The van der Waals surface area contributed by atoms with Crippen LogP contribution in [-0.2, 0) is 0 Å². The summed E-state index contributed by atoms with van der Waals surface area (Å²) in [5.74, 6) is 0.814. The van der Waals surface area contributed by atoms with Crippen LogP contribution in [0.3, 0.4) is 0 Å². The van der Waals surface area contributed by atoms with Gasteiger partial charge in [-0.05, 0) is 56.1 Å². The molecule has 1 atom stereocenters. The Hall–Kier alpha value is -2.71. The number of anilines is 1. The molecule has 2 N–H and O–H groups in total. The quantitative estimate of drug-likeness (QED) is 0.438. The molecular weight excluding hydrogens is 352 g/mol. The first-order valence-electron chi connectivity index (χ1n) is 8.00. The number of nitrogens with zero attached hydrogens (tertiary/aromatic N) is 2. The van der Waals surface area contributed by atoms with Crippen molar-refractivity contribution in [2.45, 2.75) is 6.04 Å². The first kappa shape index (κ1) is 19.6. The Morgan fingerprint density at radius 2 is 1.81 bits per heavy atom. The van der Waals surface area contributed by atoms with Gasteiger partial charge in [0.1, 0.15) is 5.75 Å². The van der Waals surface area contributed by atoms with Crippen LogP contribution in [0.15, 0.2) is 48.5 Å². The van der Waals surface area contributed by atoms with Crippen LogP contribution in [0.5, 0.6) is 5.75 Å². The van der Waals surface area contributed by atoms with Gasteiger partial charge in [-0.3, -0.25) is 10.1 Å². The number of non-ortho nitro benzene ring substituents is 1.